The van der Waals surface area contributed by atoms with Gasteiger partial charge in [0, 0.05) is 38.2 Å². The van der Waals surface area contributed by atoms with E-state index in [2.05, 4.69) is 91.0 Å². The van der Waals surface area contributed by atoms with E-state index < -0.39 is 0 Å². The standard InChI is InChI=1S/C43H25N3O2/c1-3-11-26(12-4-1)31-21-22-36-39(34-23-28-15-7-8-16-29(28)24-38(34)48-36)40(31)43-45-41(27-13-5-2-6-14-27)44-42(46-43)30-19-20-33-32-17-9-10-18-35(32)47-37(33)25-30/h1-25H. The Morgan fingerprint density at radius 2 is 0.958 bits per heavy atom. The van der Waals surface area contributed by atoms with Crippen molar-refractivity contribution in [2.45, 2.75) is 0 Å². The van der Waals surface area contributed by atoms with Crippen LogP contribution in [-0.4, -0.2) is 15.0 Å². The van der Waals surface area contributed by atoms with Crippen molar-refractivity contribution >= 4 is 54.6 Å². The summed E-state index contributed by atoms with van der Waals surface area (Å²) in [4.78, 5) is 15.5. The third-order valence-corrected chi connectivity index (χ3v) is 9.12. The van der Waals surface area contributed by atoms with Crippen molar-refractivity contribution < 1.29 is 8.83 Å². The van der Waals surface area contributed by atoms with Gasteiger partial charge in [0.2, 0.25) is 0 Å². The molecule has 48 heavy (non-hydrogen) atoms. The van der Waals surface area contributed by atoms with Crippen LogP contribution in [0.5, 0.6) is 0 Å². The van der Waals surface area contributed by atoms with Crippen LogP contribution in [0.3, 0.4) is 0 Å². The Hall–Kier alpha value is -6.59. The number of furan rings is 2. The lowest BCUT2D eigenvalue weighted by atomic mass is 9.94. The molecule has 0 N–H and O–H groups in total. The van der Waals surface area contributed by atoms with Gasteiger partial charge in [-0.15, -0.1) is 0 Å². The van der Waals surface area contributed by atoms with Crippen molar-refractivity contribution in [3.8, 4) is 45.3 Å². The van der Waals surface area contributed by atoms with Crippen molar-refractivity contribution in [3.05, 3.63) is 152 Å². The zero-order valence-corrected chi connectivity index (χ0v) is 25.6. The monoisotopic (exact) mass is 615 g/mol. The second kappa shape index (κ2) is 10.5. The first-order valence-electron chi connectivity index (χ1n) is 15.9. The second-order valence-corrected chi connectivity index (χ2v) is 12.0. The summed E-state index contributed by atoms with van der Waals surface area (Å²) in [6.07, 6.45) is 0. The molecule has 0 saturated carbocycles. The molecule has 0 radical (unpaired) electrons. The molecule has 0 aliphatic carbocycles. The predicted octanol–water partition coefficient (Wildman–Crippen LogP) is 11.5. The Morgan fingerprint density at radius 3 is 1.77 bits per heavy atom. The maximum atomic E-state index is 6.54. The number of benzene rings is 7. The number of rotatable bonds is 4. The van der Waals surface area contributed by atoms with Crippen molar-refractivity contribution in [2.24, 2.45) is 0 Å². The summed E-state index contributed by atoms with van der Waals surface area (Å²) >= 11 is 0. The van der Waals surface area contributed by atoms with Crippen LogP contribution in [0.4, 0.5) is 0 Å². The lowest BCUT2D eigenvalue weighted by Crippen LogP contribution is -2.01. The molecule has 0 unspecified atom stereocenters. The van der Waals surface area contributed by atoms with Crippen molar-refractivity contribution in [1.29, 1.82) is 0 Å². The number of hydrogen-bond acceptors (Lipinski definition) is 5. The van der Waals surface area contributed by atoms with E-state index in [9.17, 15) is 0 Å². The predicted molar refractivity (Wildman–Crippen MR) is 194 cm³/mol. The summed E-state index contributed by atoms with van der Waals surface area (Å²) in [6.45, 7) is 0. The molecule has 10 rings (SSSR count). The van der Waals surface area contributed by atoms with Gasteiger partial charge in [0.1, 0.15) is 22.3 Å². The fraction of sp³-hybridized carbons (Fsp3) is 0. The molecule has 0 spiro atoms. The lowest BCUT2D eigenvalue weighted by molar-refractivity contribution is 0.669. The molecular weight excluding hydrogens is 590 g/mol. The second-order valence-electron chi connectivity index (χ2n) is 12.0. The summed E-state index contributed by atoms with van der Waals surface area (Å²) in [5.41, 5.74) is 7.98. The first-order valence-corrected chi connectivity index (χ1v) is 15.9. The Bertz CT molecular complexity index is 2840. The first-order chi connectivity index (χ1) is 23.8. The Morgan fingerprint density at radius 1 is 0.354 bits per heavy atom. The molecule has 0 atom stereocenters. The van der Waals surface area contributed by atoms with Crippen molar-refractivity contribution in [2.75, 3.05) is 0 Å². The van der Waals surface area contributed by atoms with Gasteiger partial charge in [-0.1, -0.05) is 109 Å². The number of para-hydroxylation sites is 1. The molecule has 0 bridgehead atoms. The fourth-order valence-electron chi connectivity index (χ4n) is 6.84. The number of fused-ring (bicyclic) bond motifs is 7. The Balaban J connectivity index is 1.29. The summed E-state index contributed by atoms with van der Waals surface area (Å²) in [5, 5.41) is 6.40. The smallest absolute Gasteiger partial charge is 0.165 e. The molecule has 5 heteroatoms. The van der Waals surface area contributed by atoms with E-state index in [0.29, 0.717) is 17.5 Å². The van der Waals surface area contributed by atoms with Crippen LogP contribution in [0, 0.1) is 0 Å². The molecule has 0 aliphatic rings. The van der Waals surface area contributed by atoms with Crippen LogP contribution >= 0.6 is 0 Å². The normalized spacial score (nSPS) is 11.8. The van der Waals surface area contributed by atoms with Crippen LogP contribution < -0.4 is 0 Å². The van der Waals surface area contributed by atoms with E-state index in [0.717, 1.165) is 82.5 Å². The van der Waals surface area contributed by atoms with Gasteiger partial charge in [-0.3, -0.25) is 0 Å². The molecule has 5 nitrogen and oxygen atoms in total. The summed E-state index contributed by atoms with van der Waals surface area (Å²) in [5.74, 6) is 1.73. The van der Waals surface area contributed by atoms with Gasteiger partial charge in [-0.25, -0.2) is 15.0 Å². The third kappa shape index (κ3) is 4.22. The van der Waals surface area contributed by atoms with Crippen LogP contribution in [0.15, 0.2) is 160 Å². The van der Waals surface area contributed by atoms with E-state index >= 15 is 0 Å². The maximum absolute atomic E-state index is 6.54. The van der Waals surface area contributed by atoms with Gasteiger partial charge < -0.3 is 8.83 Å². The lowest BCUT2D eigenvalue weighted by Gasteiger charge is -2.13. The van der Waals surface area contributed by atoms with Crippen LogP contribution in [0.25, 0.3) is 99.9 Å². The molecule has 0 aliphatic heterocycles. The van der Waals surface area contributed by atoms with E-state index in [1.54, 1.807) is 0 Å². The van der Waals surface area contributed by atoms with Gasteiger partial charge in [0.25, 0.3) is 0 Å². The van der Waals surface area contributed by atoms with Crippen LogP contribution in [0.1, 0.15) is 0 Å². The van der Waals surface area contributed by atoms with Gasteiger partial charge in [0.05, 0.1) is 0 Å². The Kier molecular flexibility index (Phi) is 5.81. The molecule has 3 heterocycles. The fourth-order valence-corrected chi connectivity index (χ4v) is 6.84. The highest BCUT2D eigenvalue weighted by Gasteiger charge is 2.22. The molecule has 3 aromatic heterocycles. The average Bonchev–Trinajstić information content (AvgIpc) is 3.71. The first kappa shape index (κ1) is 26.6. The van der Waals surface area contributed by atoms with E-state index in [1.165, 1.54) is 0 Å². The topological polar surface area (TPSA) is 65.0 Å². The minimum Gasteiger partial charge on any atom is -0.456 e. The summed E-state index contributed by atoms with van der Waals surface area (Å²) in [6, 6.07) is 51.6. The highest BCUT2D eigenvalue weighted by molar-refractivity contribution is 6.17. The molecule has 224 valence electrons. The van der Waals surface area contributed by atoms with Crippen LogP contribution in [0.2, 0.25) is 0 Å². The summed E-state index contributed by atoms with van der Waals surface area (Å²) in [7, 11) is 0. The van der Waals surface area contributed by atoms with E-state index in [-0.39, 0.29) is 0 Å². The van der Waals surface area contributed by atoms with Gasteiger partial charge in [0.15, 0.2) is 17.5 Å². The van der Waals surface area contributed by atoms with Crippen molar-refractivity contribution in [1.82, 2.24) is 15.0 Å². The highest BCUT2D eigenvalue weighted by atomic mass is 16.3. The van der Waals surface area contributed by atoms with Gasteiger partial charge in [-0.05, 0) is 64.4 Å². The highest BCUT2D eigenvalue weighted by Crippen LogP contribution is 2.43. The largest absolute Gasteiger partial charge is 0.456 e. The SMILES string of the molecule is c1ccc(-c2nc(-c3ccc4c(c3)oc3ccccc34)nc(-c3c(-c4ccccc4)ccc4oc5cc6ccccc6cc5c34)n2)cc1. The van der Waals surface area contributed by atoms with Crippen molar-refractivity contribution in [3.63, 3.8) is 0 Å². The number of hydrogen-bond donors (Lipinski definition) is 0. The van der Waals surface area contributed by atoms with Crippen LogP contribution in [-0.2, 0) is 0 Å². The maximum Gasteiger partial charge on any atom is 0.165 e. The quantitative estimate of drug-likeness (QED) is 0.197. The number of aromatic nitrogens is 3. The van der Waals surface area contributed by atoms with E-state index in [4.69, 9.17) is 23.8 Å². The minimum absolute atomic E-state index is 0.565. The molecule has 0 amide bonds. The summed E-state index contributed by atoms with van der Waals surface area (Å²) < 4.78 is 12.8. The number of nitrogens with zero attached hydrogens (tertiary/aromatic N) is 3. The average molecular weight is 616 g/mol. The van der Waals surface area contributed by atoms with Gasteiger partial charge >= 0.3 is 0 Å². The molecular formula is C43H25N3O2. The van der Waals surface area contributed by atoms with E-state index in [1.807, 2.05) is 60.7 Å². The molecule has 0 saturated heterocycles. The minimum atomic E-state index is 0.565. The third-order valence-electron chi connectivity index (χ3n) is 9.12. The van der Waals surface area contributed by atoms with Gasteiger partial charge in [-0.2, -0.15) is 0 Å². The zero-order chi connectivity index (χ0) is 31.6. The zero-order valence-electron chi connectivity index (χ0n) is 25.6. The molecule has 7 aromatic carbocycles. The Labute approximate surface area is 274 Å². The molecule has 0 fully saturated rings. The molecule has 10 aromatic rings.